The molecule has 2 atom stereocenters. The molecule has 2 unspecified atom stereocenters. The van der Waals surface area contributed by atoms with Crippen molar-refractivity contribution in [2.24, 2.45) is 0 Å². The van der Waals surface area contributed by atoms with Crippen LogP contribution in [0.5, 0.6) is 0 Å². The maximum Gasteiger partial charge on any atom is 0.368 e. The summed E-state index contributed by atoms with van der Waals surface area (Å²) < 4.78 is 37.4. The van der Waals surface area contributed by atoms with Gasteiger partial charge in [-0.05, 0) is 33.3 Å². The lowest BCUT2D eigenvalue weighted by atomic mass is 10.1. The topological polar surface area (TPSA) is 55.8 Å². The quantitative estimate of drug-likeness (QED) is 0.772. The molecule has 1 N–H and O–H groups in total. The van der Waals surface area contributed by atoms with Crippen LogP contribution in [0.4, 0.5) is 4.39 Å². The van der Waals surface area contributed by atoms with Gasteiger partial charge in [0.25, 0.3) is 0 Å². The predicted octanol–water partition coefficient (Wildman–Crippen LogP) is 4.06. The highest BCUT2D eigenvalue weighted by Gasteiger charge is 2.43. The Morgan fingerprint density at radius 1 is 1.05 bits per heavy atom. The molecular formula is C14H22FO4P. The molecule has 0 fully saturated rings. The molecule has 0 aliphatic carbocycles. The van der Waals surface area contributed by atoms with Crippen LogP contribution in [0.15, 0.2) is 30.3 Å². The molecule has 1 rings (SSSR count). The van der Waals surface area contributed by atoms with Gasteiger partial charge in [-0.2, -0.15) is 0 Å². The molecule has 0 amide bonds. The second-order valence-electron chi connectivity index (χ2n) is 5.08. The molecule has 1 aromatic carbocycles. The average molecular weight is 304 g/mol. The molecule has 0 heterocycles. The van der Waals surface area contributed by atoms with Gasteiger partial charge in [0.2, 0.25) is 5.91 Å². The van der Waals surface area contributed by atoms with E-state index in [4.69, 9.17) is 9.05 Å². The summed E-state index contributed by atoms with van der Waals surface area (Å²) in [6, 6.07) is 8.21. The van der Waals surface area contributed by atoms with Crippen LogP contribution in [0, 0.1) is 0 Å². The highest BCUT2D eigenvalue weighted by atomic mass is 31.2. The third kappa shape index (κ3) is 4.67. The monoisotopic (exact) mass is 304 g/mol. The van der Waals surface area contributed by atoms with Gasteiger partial charge in [0.1, 0.15) is 6.10 Å². The first-order valence-electron chi connectivity index (χ1n) is 6.60. The SMILES string of the molecule is CC(C)OP(=O)(OC(C)C)C(F)C(O)c1ccccc1. The number of rotatable bonds is 7. The van der Waals surface area contributed by atoms with Gasteiger partial charge in [0.05, 0.1) is 12.2 Å². The summed E-state index contributed by atoms with van der Waals surface area (Å²) in [5.41, 5.74) is 0.333. The molecule has 1 aromatic rings. The van der Waals surface area contributed by atoms with Crippen LogP contribution in [0.3, 0.4) is 0 Å². The summed E-state index contributed by atoms with van der Waals surface area (Å²) in [7, 11) is -4.06. The number of aliphatic hydroxyl groups is 1. The van der Waals surface area contributed by atoms with Crippen molar-refractivity contribution in [3.05, 3.63) is 35.9 Å². The fraction of sp³-hybridized carbons (Fsp3) is 0.571. The molecule has 0 spiro atoms. The van der Waals surface area contributed by atoms with E-state index < -0.39 is 31.8 Å². The Kier molecular flexibility index (Phi) is 6.34. The van der Waals surface area contributed by atoms with E-state index in [-0.39, 0.29) is 0 Å². The van der Waals surface area contributed by atoms with Crippen molar-refractivity contribution >= 4 is 7.60 Å². The number of halogens is 1. The Balaban J connectivity index is 2.98. The fourth-order valence-corrected chi connectivity index (χ4v) is 3.69. The van der Waals surface area contributed by atoms with Crippen molar-refractivity contribution in [2.45, 2.75) is 51.9 Å². The van der Waals surface area contributed by atoms with Crippen LogP contribution in [0.2, 0.25) is 0 Å². The van der Waals surface area contributed by atoms with Crippen LogP contribution in [0.25, 0.3) is 0 Å². The van der Waals surface area contributed by atoms with Crippen molar-refractivity contribution in [3.8, 4) is 0 Å². The van der Waals surface area contributed by atoms with E-state index in [1.165, 1.54) is 0 Å². The molecule has 0 saturated heterocycles. The first kappa shape index (κ1) is 17.3. The predicted molar refractivity (Wildman–Crippen MR) is 76.3 cm³/mol. The Hall–Kier alpha value is -0.740. The third-order valence-corrected chi connectivity index (χ3v) is 4.74. The van der Waals surface area contributed by atoms with Gasteiger partial charge < -0.3 is 14.2 Å². The van der Waals surface area contributed by atoms with Gasteiger partial charge >= 0.3 is 7.60 Å². The lowest BCUT2D eigenvalue weighted by Gasteiger charge is -2.28. The second kappa shape index (κ2) is 7.32. The Labute approximate surface area is 119 Å². The first-order chi connectivity index (χ1) is 9.26. The van der Waals surface area contributed by atoms with Gasteiger partial charge in [-0.3, -0.25) is 4.57 Å². The lowest BCUT2D eigenvalue weighted by Crippen LogP contribution is -2.21. The molecule has 114 valence electrons. The number of aliphatic hydroxyl groups excluding tert-OH is 1. The minimum absolute atomic E-state index is 0.333. The maximum atomic E-state index is 14.5. The molecule has 6 heteroatoms. The van der Waals surface area contributed by atoms with Gasteiger partial charge in [-0.25, -0.2) is 4.39 Å². The van der Waals surface area contributed by atoms with Crippen LogP contribution in [0.1, 0.15) is 39.4 Å². The third-order valence-electron chi connectivity index (χ3n) is 2.42. The molecule has 4 nitrogen and oxygen atoms in total. The van der Waals surface area contributed by atoms with Crippen LogP contribution in [-0.4, -0.2) is 23.2 Å². The van der Waals surface area contributed by atoms with Crippen LogP contribution >= 0.6 is 7.60 Å². The van der Waals surface area contributed by atoms with E-state index in [0.29, 0.717) is 5.56 Å². The zero-order valence-electron chi connectivity index (χ0n) is 12.2. The normalized spacial score (nSPS) is 15.6. The first-order valence-corrected chi connectivity index (χ1v) is 8.21. The maximum absolute atomic E-state index is 14.5. The minimum atomic E-state index is -4.06. The summed E-state index contributed by atoms with van der Waals surface area (Å²) in [6.07, 6.45) is -2.50. The molecule has 0 radical (unpaired) electrons. The molecular weight excluding hydrogens is 282 g/mol. The van der Waals surface area contributed by atoms with E-state index in [0.717, 1.165) is 0 Å². The summed E-state index contributed by atoms with van der Waals surface area (Å²) >= 11 is 0. The summed E-state index contributed by atoms with van der Waals surface area (Å²) in [5, 5.41) is 10.0. The van der Waals surface area contributed by atoms with E-state index in [1.807, 2.05) is 0 Å². The molecule has 0 aliphatic rings. The van der Waals surface area contributed by atoms with Gasteiger partial charge in [-0.1, -0.05) is 30.3 Å². The van der Waals surface area contributed by atoms with E-state index >= 15 is 0 Å². The van der Waals surface area contributed by atoms with E-state index in [9.17, 15) is 14.1 Å². The smallest absolute Gasteiger partial charge is 0.368 e. The number of alkyl halides is 1. The number of hydrogen-bond donors (Lipinski definition) is 1. The zero-order valence-corrected chi connectivity index (χ0v) is 13.1. The van der Waals surface area contributed by atoms with Crippen molar-refractivity contribution in [1.29, 1.82) is 0 Å². The number of hydrogen-bond acceptors (Lipinski definition) is 4. The number of benzene rings is 1. The largest absolute Gasteiger partial charge is 0.385 e. The highest BCUT2D eigenvalue weighted by molar-refractivity contribution is 7.54. The van der Waals surface area contributed by atoms with Gasteiger partial charge in [-0.15, -0.1) is 0 Å². The second-order valence-corrected chi connectivity index (χ2v) is 7.07. The van der Waals surface area contributed by atoms with Crippen molar-refractivity contribution in [1.82, 2.24) is 0 Å². The van der Waals surface area contributed by atoms with E-state index in [2.05, 4.69) is 0 Å². The van der Waals surface area contributed by atoms with Crippen LogP contribution in [-0.2, 0) is 13.6 Å². The lowest BCUT2D eigenvalue weighted by molar-refractivity contribution is 0.0683. The summed E-state index contributed by atoms with van der Waals surface area (Å²) in [4.78, 5) is 0. The summed E-state index contributed by atoms with van der Waals surface area (Å²) in [5.74, 6) is -2.13. The van der Waals surface area contributed by atoms with Crippen LogP contribution < -0.4 is 0 Å². The summed E-state index contributed by atoms with van der Waals surface area (Å²) in [6.45, 7) is 6.55. The molecule has 0 saturated carbocycles. The average Bonchev–Trinajstić information content (AvgIpc) is 2.36. The molecule has 0 aromatic heterocycles. The standard InChI is InChI=1S/C14H22FO4P/c1-10(2)18-20(17,19-11(3)4)14(15)13(16)12-8-6-5-7-9-12/h5-11,13-14,16H,1-4H3. The minimum Gasteiger partial charge on any atom is -0.385 e. The molecule has 20 heavy (non-hydrogen) atoms. The van der Waals surface area contributed by atoms with Gasteiger partial charge in [0.15, 0.2) is 0 Å². The Morgan fingerprint density at radius 2 is 1.50 bits per heavy atom. The van der Waals surface area contributed by atoms with E-state index in [1.54, 1.807) is 58.0 Å². The Morgan fingerprint density at radius 3 is 1.90 bits per heavy atom. The highest BCUT2D eigenvalue weighted by Crippen LogP contribution is 2.59. The van der Waals surface area contributed by atoms with Crippen molar-refractivity contribution in [3.63, 3.8) is 0 Å². The van der Waals surface area contributed by atoms with Crippen molar-refractivity contribution in [2.75, 3.05) is 0 Å². The zero-order chi connectivity index (χ0) is 15.3. The molecule has 0 bridgehead atoms. The fourth-order valence-electron chi connectivity index (χ4n) is 1.71. The Bertz CT molecular complexity index is 436. The van der Waals surface area contributed by atoms with Gasteiger partial charge in [0, 0.05) is 0 Å². The van der Waals surface area contributed by atoms with Crippen molar-refractivity contribution < 1.29 is 23.1 Å². The molecule has 0 aliphatic heterocycles.